The van der Waals surface area contributed by atoms with Crippen LogP contribution in [0.2, 0.25) is 10.0 Å². The summed E-state index contributed by atoms with van der Waals surface area (Å²) in [6.07, 6.45) is 3.75. The molecule has 1 unspecified atom stereocenters. The number of hydrogen-bond donors (Lipinski definition) is 1. The molecule has 1 N–H and O–H groups in total. The number of aliphatic hydroxyl groups is 1. The van der Waals surface area contributed by atoms with E-state index in [9.17, 15) is 5.11 Å². The van der Waals surface area contributed by atoms with E-state index in [-0.39, 0.29) is 0 Å². The van der Waals surface area contributed by atoms with E-state index < -0.39 is 11.7 Å². The van der Waals surface area contributed by atoms with Crippen molar-refractivity contribution in [3.63, 3.8) is 0 Å². The van der Waals surface area contributed by atoms with Crippen molar-refractivity contribution in [2.24, 2.45) is 5.41 Å². The van der Waals surface area contributed by atoms with Gasteiger partial charge in [-0.3, -0.25) is 0 Å². The fraction of sp³-hybridized carbons (Fsp3) is 0.647. The van der Waals surface area contributed by atoms with E-state index in [1.807, 2.05) is 12.1 Å². The highest BCUT2D eigenvalue weighted by Crippen LogP contribution is 2.44. The van der Waals surface area contributed by atoms with Crippen LogP contribution in [0.1, 0.15) is 45.1 Å². The van der Waals surface area contributed by atoms with Gasteiger partial charge in [0.1, 0.15) is 0 Å². The first-order valence-corrected chi connectivity index (χ1v) is 8.21. The second kappa shape index (κ2) is 6.45. The molecule has 1 aromatic rings. The summed E-state index contributed by atoms with van der Waals surface area (Å²) < 4.78 is 5.75. The molecule has 0 aromatic heterocycles. The minimum Gasteiger partial charge on any atom is -0.390 e. The molecular weight excluding hydrogens is 307 g/mol. The zero-order chi connectivity index (χ0) is 15.7. The van der Waals surface area contributed by atoms with Gasteiger partial charge in [0.05, 0.1) is 21.8 Å². The Kier molecular flexibility index (Phi) is 5.25. The molecule has 1 aliphatic carbocycles. The molecule has 2 rings (SSSR count). The van der Waals surface area contributed by atoms with Crippen LogP contribution >= 0.6 is 23.2 Å². The van der Waals surface area contributed by atoms with Crippen molar-refractivity contribution in [1.29, 1.82) is 0 Å². The van der Waals surface area contributed by atoms with Crippen LogP contribution in [0.15, 0.2) is 18.2 Å². The van der Waals surface area contributed by atoms with Crippen molar-refractivity contribution in [3.8, 4) is 0 Å². The minimum atomic E-state index is -0.574. The third kappa shape index (κ3) is 3.73. The number of aliphatic hydroxyl groups excluding tert-OH is 1. The lowest BCUT2D eigenvalue weighted by atomic mass is 9.68. The van der Waals surface area contributed by atoms with Gasteiger partial charge < -0.3 is 9.84 Å². The second-order valence-corrected chi connectivity index (χ2v) is 7.65. The molecule has 2 nitrogen and oxygen atoms in total. The Bertz CT molecular complexity index is 490. The molecule has 0 spiro atoms. The Morgan fingerprint density at radius 1 is 1.19 bits per heavy atom. The summed E-state index contributed by atoms with van der Waals surface area (Å²) >= 11 is 12.3. The first kappa shape index (κ1) is 17.1. The van der Waals surface area contributed by atoms with Gasteiger partial charge in [0.2, 0.25) is 0 Å². The highest BCUT2D eigenvalue weighted by atomic mass is 35.5. The molecule has 0 heterocycles. The number of rotatable bonds is 4. The quantitative estimate of drug-likeness (QED) is 0.852. The third-order valence-electron chi connectivity index (χ3n) is 4.91. The van der Waals surface area contributed by atoms with Gasteiger partial charge in [-0.15, -0.1) is 0 Å². The monoisotopic (exact) mass is 330 g/mol. The van der Waals surface area contributed by atoms with Gasteiger partial charge in [-0.25, -0.2) is 0 Å². The van der Waals surface area contributed by atoms with Gasteiger partial charge in [0.15, 0.2) is 0 Å². The zero-order valence-corrected chi connectivity index (χ0v) is 14.5. The van der Waals surface area contributed by atoms with Gasteiger partial charge in [0.25, 0.3) is 0 Å². The lowest BCUT2D eigenvalue weighted by Crippen LogP contribution is -2.49. The lowest BCUT2D eigenvalue weighted by molar-refractivity contribution is -0.135. The van der Waals surface area contributed by atoms with Gasteiger partial charge in [-0.05, 0) is 42.7 Å². The Morgan fingerprint density at radius 3 is 2.38 bits per heavy atom. The van der Waals surface area contributed by atoms with Crippen LogP contribution in [0.3, 0.4) is 0 Å². The molecule has 0 bridgehead atoms. The Hall–Kier alpha value is -0.280. The van der Waals surface area contributed by atoms with Crippen LogP contribution in [0.5, 0.6) is 0 Å². The maximum absolute atomic E-state index is 10.7. The lowest BCUT2D eigenvalue weighted by Gasteiger charge is -2.45. The molecular formula is C17H24Cl2O2. The second-order valence-electron chi connectivity index (χ2n) is 6.87. The average molecular weight is 331 g/mol. The predicted octanol–water partition coefficient (Wildman–Crippen LogP) is 4.88. The minimum absolute atomic E-state index is 0.329. The Morgan fingerprint density at radius 2 is 1.81 bits per heavy atom. The first-order chi connectivity index (χ1) is 9.80. The number of methoxy groups -OCH3 is 1. The van der Waals surface area contributed by atoms with Crippen LogP contribution in [0, 0.1) is 5.41 Å². The SMILES string of the molecule is COC1(C(O)Cc2cccc(Cl)c2Cl)CCC(C)(C)CC1. The Balaban J connectivity index is 2.14. The summed E-state index contributed by atoms with van der Waals surface area (Å²) in [5.74, 6) is 0. The predicted molar refractivity (Wildman–Crippen MR) is 88.2 cm³/mol. The summed E-state index contributed by atoms with van der Waals surface area (Å²) in [5.41, 5.74) is 0.731. The third-order valence-corrected chi connectivity index (χ3v) is 5.77. The van der Waals surface area contributed by atoms with Crippen LogP contribution in [-0.2, 0) is 11.2 Å². The van der Waals surface area contributed by atoms with Crippen LogP contribution in [-0.4, -0.2) is 23.9 Å². The molecule has 0 amide bonds. The summed E-state index contributed by atoms with van der Waals surface area (Å²) in [5, 5.41) is 11.8. The van der Waals surface area contributed by atoms with Gasteiger partial charge in [-0.2, -0.15) is 0 Å². The topological polar surface area (TPSA) is 29.5 Å². The van der Waals surface area contributed by atoms with Gasteiger partial charge >= 0.3 is 0 Å². The van der Waals surface area contributed by atoms with Crippen molar-refractivity contribution < 1.29 is 9.84 Å². The molecule has 1 saturated carbocycles. The molecule has 1 aromatic carbocycles. The van der Waals surface area contributed by atoms with Crippen molar-refractivity contribution in [1.82, 2.24) is 0 Å². The maximum Gasteiger partial charge on any atom is 0.0940 e. The highest BCUT2D eigenvalue weighted by molar-refractivity contribution is 6.42. The van der Waals surface area contributed by atoms with Crippen molar-refractivity contribution in [2.45, 2.75) is 57.7 Å². The first-order valence-electron chi connectivity index (χ1n) is 7.46. The molecule has 1 atom stereocenters. The standard InChI is InChI=1S/C17H24Cl2O2/c1-16(2)7-9-17(21-3,10-8-16)14(20)11-12-5-4-6-13(18)15(12)19/h4-6,14,20H,7-11H2,1-3H3. The summed E-state index contributed by atoms with van der Waals surface area (Å²) in [7, 11) is 1.70. The van der Waals surface area contributed by atoms with E-state index in [1.165, 1.54) is 0 Å². The molecule has 118 valence electrons. The van der Waals surface area contributed by atoms with Crippen molar-refractivity contribution in [2.75, 3.05) is 7.11 Å². The zero-order valence-electron chi connectivity index (χ0n) is 13.0. The molecule has 0 saturated heterocycles. The summed E-state index contributed by atoms with van der Waals surface area (Å²) in [6.45, 7) is 4.54. The maximum atomic E-state index is 10.7. The Labute approximate surface area is 137 Å². The molecule has 21 heavy (non-hydrogen) atoms. The van der Waals surface area contributed by atoms with Gasteiger partial charge in [0, 0.05) is 13.5 Å². The molecule has 1 fully saturated rings. The summed E-state index contributed by atoms with van der Waals surface area (Å²) in [6, 6.07) is 5.53. The molecule has 4 heteroatoms. The summed E-state index contributed by atoms with van der Waals surface area (Å²) in [4.78, 5) is 0. The molecule has 0 aliphatic heterocycles. The fourth-order valence-electron chi connectivity index (χ4n) is 3.12. The van der Waals surface area contributed by atoms with Crippen molar-refractivity contribution >= 4 is 23.2 Å². The van der Waals surface area contributed by atoms with E-state index in [4.69, 9.17) is 27.9 Å². The van der Waals surface area contributed by atoms with Crippen LogP contribution in [0.4, 0.5) is 0 Å². The molecule has 0 radical (unpaired) electrons. The number of ether oxygens (including phenoxy) is 1. The normalized spacial score (nSPS) is 22.0. The van der Waals surface area contributed by atoms with E-state index in [1.54, 1.807) is 13.2 Å². The fourth-order valence-corrected chi connectivity index (χ4v) is 3.52. The smallest absolute Gasteiger partial charge is 0.0940 e. The number of benzene rings is 1. The van der Waals surface area contributed by atoms with Crippen LogP contribution in [0.25, 0.3) is 0 Å². The largest absolute Gasteiger partial charge is 0.390 e. The van der Waals surface area contributed by atoms with Crippen molar-refractivity contribution in [3.05, 3.63) is 33.8 Å². The number of halogens is 2. The average Bonchev–Trinajstić information content (AvgIpc) is 2.44. The molecule has 1 aliphatic rings. The number of hydrogen-bond acceptors (Lipinski definition) is 2. The van der Waals surface area contributed by atoms with E-state index in [2.05, 4.69) is 13.8 Å². The van der Waals surface area contributed by atoms with Gasteiger partial charge in [-0.1, -0.05) is 49.2 Å². The van der Waals surface area contributed by atoms with E-state index >= 15 is 0 Å². The highest BCUT2D eigenvalue weighted by Gasteiger charge is 2.43. The van der Waals surface area contributed by atoms with E-state index in [0.29, 0.717) is 21.9 Å². The van der Waals surface area contributed by atoms with E-state index in [0.717, 1.165) is 31.2 Å². The van der Waals surface area contributed by atoms with Crippen LogP contribution < -0.4 is 0 Å².